The number of nitrogens with zero attached hydrogens (tertiary/aromatic N) is 1. The van der Waals surface area contributed by atoms with Crippen LogP contribution in [0.3, 0.4) is 0 Å². The number of ketones is 2. The van der Waals surface area contributed by atoms with Crippen molar-refractivity contribution >= 4 is 46.3 Å². The van der Waals surface area contributed by atoms with Gasteiger partial charge in [0.15, 0.2) is 11.6 Å². The Bertz CT molecular complexity index is 1640. The van der Waals surface area contributed by atoms with Crippen LogP contribution in [0.25, 0.3) is 6.08 Å². The van der Waals surface area contributed by atoms with E-state index < -0.39 is 23.4 Å². The zero-order valence-electron chi connectivity index (χ0n) is 20.6. The Morgan fingerprint density at radius 2 is 1.66 bits per heavy atom. The van der Waals surface area contributed by atoms with Gasteiger partial charge in [-0.25, -0.2) is 0 Å². The van der Waals surface area contributed by atoms with Crippen molar-refractivity contribution in [3.63, 3.8) is 0 Å². The first-order chi connectivity index (χ1) is 18.5. The number of carbonyl (C=O) groups excluding carboxylic acids is 3. The van der Waals surface area contributed by atoms with Crippen molar-refractivity contribution in [2.75, 3.05) is 10.2 Å². The Kier molecular flexibility index (Phi) is 5.03. The lowest BCUT2D eigenvalue weighted by Crippen LogP contribution is -2.51. The van der Waals surface area contributed by atoms with Crippen LogP contribution in [0.2, 0.25) is 0 Å². The van der Waals surface area contributed by atoms with Gasteiger partial charge in [0.25, 0.3) is 0 Å². The first-order valence-corrected chi connectivity index (χ1v) is 13.5. The molecule has 7 rings (SSSR count). The molecular weight excluding hydrogens is 492 g/mol. The van der Waals surface area contributed by atoms with Gasteiger partial charge in [-0.2, -0.15) is 0 Å². The summed E-state index contributed by atoms with van der Waals surface area (Å²) in [7, 11) is 0. The maximum Gasteiger partial charge on any atom is 0.238 e. The van der Waals surface area contributed by atoms with Gasteiger partial charge in [0, 0.05) is 16.9 Å². The number of Topliss-reactive ketones (excluding diaryl/α,β-unsaturated/α-hetero) is 2. The van der Waals surface area contributed by atoms with Gasteiger partial charge in [0.05, 0.1) is 16.8 Å². The average molecular weight is 517 g/mol. The summed E-state index contributed by atoms with van der Waals surface area (Å²) in [6, 6.07) is 25.1. The molecule has 0 radical (unpaired) electrons. The van der Waals surface area contributed by atoms with E-state index in [1.54, 1.807) is 18.2 Å². The molecule has 4 atom stereocenters. The summed E-state index contributed by atoms with van der Waals surface area (Å²) >= 11 is 1.36. The Labute approximate surface area is 224 Å². The lowest BCUT2D eigenvalue weighted by atomic mass is 9.64. The summed E-state index contributed by atoms with van der Waals surface area (Å²) in [5.41, 5.74) is 3.51. The van der Waals surface area contributed by atoms with Gasteiger partial charge < -0.3 is 10.2 Å². The van der Waals surface area contributed by atoms with Crippen LogP contribution in [0, 0.1) is 12.8 Å². The van der Waals surface area contributed by atoms with Crippen molar-refractivity contribution in [3.05, 3.63) is 124 Å². The molecule has 3 aromatic carbocycles. The predicted molar refractivity (Wildman–Crippen MR) is 150 cm³/mol. The van der Waals surface area contributed by atoms with Crippen LogP contribution >= 0.6 is 11.3 Å². The van der Waals surface area contributed by atoms with Crippen LogP contribution in [0.15, 0.2) is 96.4 Å². The van der Waals surface area contributed by atoms with Gasteiger partial charge >= 0.3 is 0 Å². The number of aryl methyl sites for hydroxylation is 1. The molecular formula is C32H24N2O3S. The van der Waals surface area contributed by atoms with Crippen molar-refractivity contribution < 1.29 is 14.4 Å². The molecule has 1 spiro atoms. The van der Waals surface area contributed by atoms with Crippen molar-refractivity contribution in [3.8, 4) is 0 Å². The topological polar surface area (TPSA) is 66.5 Å². The Morgan fingerprint density at radius 3 is 2.45 bits per heavy atom. The Morgan fingerprint density at radius 1 is 0.895 bits per heavy atom. The largest absolute Gasteiger partial charge is 0.352 e. The quantitative estimate of drug-likeness (QED) is 0.343. The van der Waals surface area contributed by atoms with E-state index in [0.717, 1.165) is 22.4 Å². The molecule has 1 amide bonds. The van der Waals surface area contributed by atoms with Gasteiger partial charge in [0.2, 0.25) is 5.91 Å². The molecule has 0 aliphatic carbocycles. The first-order valence-electron chi connectivity index (χ1n) is 12.7. The fraction of sp³-hybridized carbons (Fsp3) is 0.156. The van der Waals surface area contributed by atoms with Gasteiger partial charge in [-0.05, 0) is 41.6 Å². The first kappa shape index (κ1) is 22.9. The summed E-state index contributed by atoms with van der Waals surface area (Å²) in [4.78, 5) is 45.9. The molecule has 0 saturated carbocycles. The van der Waals surface area contributed by atoms with Crippen molar-refractivity contribution in [2.24, 2.45) is 5.92 Å². The normalized spacial score (nSPS) is 24.6. The maximum absolute atomic E-state index is 14.6. The molecule has 3 aliphatic rings. The summed E-state index contributed by atoms with van der Waals surface area (Å²) < 4.78 is 0. The molecule has 186 valence electrons. The minimum atomic E-state index is -1.28. The number of hydrogen-bond acceptors (Lipinski definition) is 5. The maximum atomic E-state index is 14.6. The molecule has 1 aromatic heterocycles. The number of amides is 1. The summed E-state index contributed by atoms with van der Waals surface area (Å²) in [6.45, 7) is 1.97. The van der Waals surface area contributed by atoms with Crippen LogP contribution in [0.5, 0.6) is 0 Å². The molecule has 38 heavy (non-hydrogen) atoms. The molecule has 4 aromatic rings. The van der Waals surface area contributed by atoms with Crippen LogP contribution in [-0.2, 0) is 10.2 Å². The van der Waals surface area contributed by atoms with E-state index in [-0.39, 0.29) is 17.5 Å². The summed E-state index contributed by atoms with van der Waals surface area (Å²) in [5.74, 6) is -1.53. The second kappa shape index (κ2) is 8.36. The van der Waals surface area contributed by atoms with E-state index >= 15 is 0 Å². The second-order valence-corrected chi connectivity index (χ2v) is 11.1. The molecule has 6 heteroatoms. The molecule has 0 bridgehead atoms. The molecule has 5 nitrogen and oxygen atoms in total. The van der Waals surface area contributed by atoms with E-state index in [0.29, 0.717) is 16.1 Å². The number of thiophene rings is 1. The van der Waals surface area contributed by atoms with Gasteiger partial charge in [-0.1, -0.05) is 84.4 Å². The van der Waals surface area contributed by atoms with E-state index in [1.165, 1.54) is 11.3 Å². The average Bonchev–Trinajstić information content (AvgIpc) is 3.65. The number of benzene rings is 3. The summed E-state index contributed by atoms with van der Waals surface area (Å²) in [5, 5.41) is 4.94. The number of para-hydroxylation sites is 2. The minimum absolute atomic E-state index is 0.144. The standard InChI is InChI=1S/C32H24N2O3S/c1-19-12-14-21(15-13-19)29(35)27-28(30(36)25-11-6-18-38-25)34-24-10-5-2-7-20(24)16-17-26(34)32(27)22-8-3-4-9-23(22)33-31(32)37/h2-18,26-28H,1H3,(H,33,37)/t26-,27-,28-,32+/m1/s1. The molecule has 1 fully saturated rings. The van der Waals surface area contributed by atoms with E-state index in [4.69, 9.17) is 0 Å². The zero-order chi connectivity index (χ0) is 26.0. The van der Waals surface area contributed by atoms with Crippen LogP contribution in [0.1, 0.15) is 36.7 Å². The molecule has 1 N–H and O–H groups in total. The van der Waals surface area contributed by atoms with Gasteiger partial charge in [-0.3, -0.25) is 14.4 Å². The molecule has 4 heterocycles. The third-order valence-electron chi connectivity index (χ3n) is 8.19. The van der Waals surface area contributed by atoms with Crippen LogP contribution in [0.4, 0.5) is 11.4 Å². The predicted octanol–water partition coefficient (Wildman–Crippen LogP) is 5.91. The SMILES string of the molecule is Cc1ccc(C(=O)[C@H]2[C@H](C(=O)c3cccs3)N3c4ccccc4C=C[C@@H]3[C@]23C(=O)Nc2ccccc23)cc1. The number of anilines is 2. The minimum Gasteiger partial charge on any atom is -0.352 e. The second-order valence-electron chi connectivity index (χ2n) is 10.1. The molecule has 1 saturated heterocycles. The number of nitrogens with one attached hydrogen (secondary N) is 1. The van der Waals surface area contributed by atoms with Crippen molar-refractivity contribution in [1.82, 2.24) is 0 Å². The van der Waals surface area contributed by atoms with Crippen LogP contribution < -0.4 is 10.2 Å². The lowest BCUT2D eigenvalue weighted by Gasteiger charge is -2.37. The highest BCUT2D eigenvalue weighted by Crippen LogP contribution is 2.58. The molecule has 0 unspecified atom stereocenters. The highest BCUT2D eigenvalue weighted by atomic mass is 32.1. The van der Waals surface area contributed by atoms with Gasteiger partial charge in [0.1, 0.15) is 11.5 Å². The highest BCUT2D eigenvalue weighted by molar-refractivity contribution is 7.12. The highest BCUT2D eigenvalue weighted by Gasteiger charge is 2.70. The van der Waals surface area contributed by atoms with Crippen LogP contribution in [-0.4, -0.2) is 29.6 Å². The number of rotatable bonds is 4. The fourth-order valence-corrected chi connectivity index (χ4v) is 7.28. The van der Waals surface area contributed by atoms with Gasteiger partial charge in [-0.15, -0.1) is 11.3 Å². The van der Waals surface area contributed by atoms with Crippen molar-refractivity contribution in [1.29, 1.82) is 0 Å². The number of carbonyl (C=O) groups is 3. The smallest absolute Gasteiger partial charge is 0.238 e. The Balaban J connectivity index is 1.54. The van der Waals surface area contributed by atoms with E-state index in [2.05, 4.69) is 5.32 Å². The monoisotopic (exact) mass is 516 g/mol. The van der Waals surface area contributed by atoms with Crippen molar-refractivity contribution in [2.45, 2.75) is 24.4 Å². The van der Waals surface area contributed by atoms with E-state index in [1.807, 2.05) is 96.1 Å². The third kappa shape index (κ3) is 3.01. The third-order valence-corrected chi connectivity index (χ3v) is 9.08. The summed E-state index contributed by atoms with van der Waals surface area (Å²) in [6.07, 6.45) is 4.01. The number of fused-ring (bicyclic) bond motifs is 6. The lowest BCUT2D eigenvalue weighted by molar-refractivity contribution is -0.121. The molecule has 3 aliphatic heterocycles. The van der Waals surface area contributed by atoms with E-state index in [9.17, 15) is 14.4 Å². The zero-order valence-corrected chi connectivity index (χ0v) is 21.4. The number of hydrogen-bond donors (Lipinski definition) is 1. The fourth-order valence-electron chi connectivity index (χ4n) is 6.58. The Hall–Kier alpha value is -4.29.